The van der Waals surface area contributed by atoms with Gasteiger partial charge in [0.2, 0.25) is 5.91 Å². The number of carbonyl (C=O) groups excluding carboxylic acids is 2. The molecule has 2 amide bonds. The standard InChI is InChI=1S/C23H22N2O5/c1-28-20-12-7-17(21(13-20)29-2)14-25-23(27)16-5-10-19(11-6-16)30-18-8-3-15(4-9-18)22(24)26/h3-13H,14H2,1-2H3,(H2,24,26)(H,25,27). The average Bonchev–Trinajstić information content (AvgIpc) is 2.78. The molecule has 0 radical (unpaired) electrons. The van der Waals surface area contributed by atoms with E-state index in [1.807, 2.05) is 12.1 Å². The van der Waals surface area contributed by atoms with Crippen LogP contribution in [0.25, 0.3) is 0 Å². The summed E-state index contributed by atoms with van der Waals surface area (Å²) in [5.74, 6) is 1.73. The van der Waals surface area contributed by atoms with Gasteiger partial charge in [-0.2, -0.15) is 0 Å². The molecule has 7 heteroatoms. The van der Waals surface area contributed by atoms with Crippen molar-refractivity contribution in [2.24, 2.45) is 5.73 Å². The second-order valence-corrected chi connectivity index (χ2v) is 6.38. The molecule has 3 rings (SSSR count). The molecule has 3 aromatic carbocycles. The van der Waals surface area contributed by atoms with Crippen LogP contribution in [-0.4, -0.2) is 26.0 Å². The molecule has 0 spiro atoms. The fraction of sp³-hybridized carbons (Fsp3) is 0.130. The molecule has 0 aliphatic carbocycles. The van der Waals surface area contributed by atoms with Gasteiger partial charge in [-0.05, 0) is 60.7 Å². The van der Waals surface area contributed by atoms with E-state index >= 15 is 0 Å². The van der Waals surface area contributed by atoms with Gasteiger partial charge < -0.3 is 25.3 Å². The second-order valence-electron chi connectivity index (χ2n) is 6.38. The summed E-state index contributed by atoms with van der Waals surface area (Å²) in [4.78, 5) is 23.6. The molecule has 0 unspecified atom stereocenters. The van der Waals surface area contributed by atoms with E-state index in [4.69, 9.17) is 19.9 Å². The largest absolute Gasteiger partial charge is 0.497 e. The van der Waals surface area contributed by atoms with Crippen LogP contribution in [0.2, 0.25) is 0 Å². The number of benzene rings is 3. The van der Waals surface area contributed by atoms with Crippen LogP contribution in [0.1, 0.15) is 26.3 Å². The van der Waals surface area contributed by atoms with Crippen LogP contribution in [0.15, 0.2) is 66.7 Å². The van der Waals surface area contributed by atoms with Crippen molar-refractivity contribution in [3.8, 4) is 23.0 Å². The van der Waals surface area contributed by atoms with Crippen LogP contribution in [-0.2, 0) is 6.54 Å². The maximum atomic E-state index is 12.5. The van der Waals surface area contributed by atoms with E-state index in [1.165, 1.54) is 0 Å². The van der Waals surface area contributed by atoms with Gasteiger partial charge in [-0.15, -0.1) is 0 Å². The number of primary amides is 1. The number of hydrogen-bond donors (Lipinski definition) is 2. The van der Waals surface area contributed by atoms with Crippen LogP contribution in [0.3, 0.4) is 0 Å². The van der Waals surface area contributed by atoms with Crippen LogP contribution in [0.4, 0.5) is 0 Å². The van der Waals surface area contributed by atoms with Gasteiger partial charge in [0, 0.05) is 29.3 Å². The quantitative estimate of drug-likeness (QED) is 0.596. The lowest BCUT2D eigenvalue weighted by Gasteiger charge is -2.12. The summed E-state index contributed by atoms with van der Waals surface area (Å²) in [5.41, 5.74) is 6.97. The zero-order valence-corrected chi connectivity index (χ0v) is 16.7. The van der Waals surface area contributed by atoms with Crippen molar-refractivity contribution in [1.29, 1.82) is 0 Å². The molecule has 0 saturated heterocycles. The molecule has 30 heavy (non-hydrogen) atoms. The first-order valence-electron chi connectivity index (χ1n) is 9.17. The van der Waals surface area contributed by atoms with E-state index < -0.39 is 5.91 Å². The highest BCUT2D eigenvalue weighted by Crippen LogP contribution is 2.25. The number of amides is 2. The minimum absolute atomic E-state index is 0.217. The highest BCUT2D eigenvalue weighted by atomic mass is 16.5. The van der Waals surface area contributed by atoms with Crippen LogP contribution in [0.5, 0.6) is 23.0 Å². The van der Waals surface area contributed by atoms with E-state index in [2.05, 4.69) is 5.32 Å². The topological polar surface area (TPSA) is 99.9 Å². The van der Waals surface area contributed by atoms with Gasteiger partial charge in [0.25, 0.3) is 5.91 Å². The van der Waals surface area contributed by atoms with Crippen LogP contribution < -0.4 is 25.3 Å². The van der Waals surface area contributed by atoms with Gasteiger partial charge in [0.15, 0.2) is 0 Å². The Morgan fingerprint density at radius 3 is 1.90 bits per heavy atom. The third-order valence-corrected chi connectivity index (χ3v) is 4.42. The third kappa shape index (κ3) is 5.08. The number of carbonyl (C=O) groups is 2. The van der Waals surface area contributed by atoms with Crippen molar-refractivity contribution in [2.45, 2.75) is 6.54 Å². The average molecular weight is 406 g/mol. The summed E-state index contributed by atoms with van der Waals surface area (Å²) in [7, 11) is 3.15. The van der Waals surface area contributed by atoms with Gasteiger partial charge in [-0.3, -0.25) is 9.59 Å². The minimum Gasteiger partial charge on any atom is -0.497 e. The maximum Gasteiger partial charge on any atom is 0.251 e. The molecule has 3 N–H and O–H groups in total. The van der Waals surface area contributed by atoms with Gasteiger partial charge in [0.1, 0.15) is 23.0 Å². The number of rotatable bonds is 8. The molecule has 0 aromatic heterocycles. The summed E-state index contributed by atoms with van der Waals surface area (Å²) >= 11 is 0. The van der Waals surface area contributed by atoms with Gasteiger partial charge in [-0.25, -0.2) is 0 Å². The second kappa shape index (κ2) is 9.47. The van der Waals surface area contributed by atoms with Crippen molar-refractivity contribution < 1.29 is 23.8 Å². The Hall–Kier alpha value is -4.00. The lowest BCUT2D eigenvalue weighted by Crippen LogP contribution is -2.23. The minimum atomic E-state index is -0.496. The number of hydrogen-bond acceptors (Lipinski definition) is 5. The van der Waals surface area contributed by atoms with Crippen molar-refractivity contribution in [3.05, 3.63) is 83.4 Å². The van der Waals surface area contributed by atoms with Gasteiger partial charge in [0.05, 0.1) is 14.2 Å². The molecule has 154 valence electrons. The van der Waals surface area contributed by atoms with E-state index in [-0.39, 0.29) is 5.91 Å². The molecule has 0 aliphatic heterocycles. The monoisotopic (exact) mass is 406 g/mol. The Morgan fingerprint density at radius 2 is 1.37 bits per heavy atom. The summed E-state index contributed by atoms with van der Waals surface area (Å²) in [6, 6.07) is 18.7. The number of nitrogens with one attached hydrogen (secondary N) is 1. The number of ether oxygens (including phenoxy) is 3. The van der Waals surface area contributed by atoms with E-state index in [9.17, 15) is 9.59 Å². The molecule has 0 heterocycles. The van der Waals surface area contributed by atoms with Crippen molar-refractivity contribution in [1.82, 2.24) is 5.32 Å². The van der Waals surface area contributed by atoms with E-state index in [0.29, 0.717) is 40.7 Å². The Kier molecular flexibility index (Phi) is 6.54. The summed E-state index contributed by atoms with van der Waals surface area (Å²) < 4.78 is 16.2. The van der Waals surface area contributed by atoms with Gasteiger partial charge in [-0.1, -0.05) is 0 Å². The Bertz CT molecular complexity index is 1030. The predicted molar refractivity (Wildman–Crippen MR) is 112 cm³/mol. The zero-order chi connectivity index (χ0) is 21.5. The van der Waals surface area contributed by atoms with Crippen molar-refractivity contribution in [3.63, 3.8) is 0 Å². The van der Waals surface area contributed by atoms with E-state index in [0.717, 1.165) is 5.56 Å². The molecule has 0 fully saturated rings. The molecule has 0 atom stereocenters. The Morgan fingerprint density at radius 1 is 0.800 bits per heavy atom. The summed E-state index contributed by atoms with van der Waals surface area (Å²) in [6.45, 7) is 0.316. The predicted octanol–water partition coefficient (Wildman–Crippen LogP) is 3.53. The molecular formula is C23H22N2O5. The summed E-state index contributed by atoms with van der Waals surface area (Å²) in [6.07, 6.45) is 0. The molecule has 0 saturated carbocycles. The number of methoxy groups -OCH3 is 2. The molecule has 0 aliphatic rings. The van der Waals surface area contributed by atoms with Crippen molar-refractivity contribution >= 4 is 11.8 Å². The summed E-state index contributed by atoms with van der Waals surface area (Å²) in [5, 5.41) is 2.87. The Labute approximate surface area is 174 Å². The highest BCUT2D eigenvalue weighted by molar-refractivity contribution is 5.94. The zero-order valence-electron chi connectivity index (χ0n) is 16.7. The normalized spacial score (nSPS) is 10.2. The lowest BCUT2D eigenvalue weighted by molar-refractivity contribution is 0.0949. The smallest absolute Gasteiger partial charge is 0.251 e. The van der Waals surface area contributed by atoms with Crippen LogP contribution >= 0.6 is 0 Å². The molecule has 7 nitrogen and oxygen atoms in total. The molecule has 0 bridgehead atoms. The SMILES string of the molecule is COc1ccc(CNC(=O)c2ccc(Oc3ccc(C(N)=O)cc3)cc2)c(OC)c1. The fourth-order valence-corrected chi connectivity index (χ4v) is 2.77. The first-order valence-corrected chi connectivity index (χ1v) is 9.17. The molecule has 3 aromatic rings. The van der Waals surface area contributed by atoms with E-state index in [1.54, 1.807) is 68.8 Å². The number of nitrogens with two attached hydrogens (primary N) is 1. The maximum absolute atomic E-state index is 12.5. The Balaban J connectivity index is 1.60. The third-order valence-electron chi connectivity index (χ3n) is 4.42. The molecular weight excluding hydrogens is 384 g/mol. The van der Waals surface area contributed by atoms with Gasteiger partial charge >= 0.3 is 0 Å². The van der Waals surface area contributed by atoms with Crippen molar-refractivity contribution in [2.75, 3.05) is 14.2 Å². The highest BCUT2D eigenvalue weighted by Gasteiger charge is 2.10. The van der Waals surface area contributed by atoms with Crippen LogP contribution in [0, 0.1) is 0 Å². The first-order chi connectivity index (χ1) is 14.5. The fourth-order valence-electron chi connectivity index (χ4n) is 2.77. The lowest BCUT2D eigenvalue weighted by atomic mass is 10.1. The first kappa shape index (κ1) is 20.7.